The lowest BCUT2D eigenvalue weighted by Crippen LogP contribution is -2.46. The third-order valence-corrected chi connectivity index (χ3v) is 12.6. The molecular formula is C58H88N4O14. The molecule has 0 saturated carbocycles. The molecule has 2 aromatic carbocycles. The van der Waals surface area contributed by atoms with Gasteiger partial charge in [0.25, 0.3) is 0 Å². The first-order valence-corrected chi connectivity index (χ1v) is 27.0. The van der Waals surface area contributed by atoms with E-state index in [-0.39, 0.29) is 72.7 Å². The summed E-state index contributed by atoms with van der Waals surface area (Å²) in [7, 11) is 2.61. The first kappa shape index (κ1) is 64.1. The molecule has 4 atom stereocenters. The second-order valence-electron chi connectivity index (χ2n) is 22.9. The highest BCUT2D eigenvalue weighted by Crippen LogP contribution is 2.40. The molecule has 18 heteroatoms. The monoisotopic (exact) mass is 1060 g/mol. The topological polar surface area (TPSA) is 233 Å². The molecule has 0 aliphatic carbocycles. The number of alkyl carbamates (subject to hydrolysis) is 1. The number of rotatable bonds is 23. The maximum absolute atomic E-state index is 15.1. The van der Waals surface area contributed by atoms with Crippen molar-refractivity contribution in [2.75, 3.05) is 33.8 Å². The Morgan fingerprint density at radius 3 is 2.01 bits per heavy atom. The predicted molar refractivity (Wildman–Crippen MR) is 289 cm³/mol. The number of carbonyl (C=O) groups excluding carboxylic acids is 8. The lowest BCUT2D eigenvalue weighted by molar-refractivity contribution is -0.146. The van der Waals surface area contributed by atoms with Crippen LogP contribution in [0, 0.1) is 11.8 Å². The highest BCUT2D eigenvalue weighted by molar-refractivity contribution is 5.96. The van der Waals surface area contributed by atoms with Gasteiger partial charge in [-0.2, -0.15) is 0 Å². The summed E-state index contributed by atoms with van der Waals surface area (Å²) in [5.41, 5.74) is -1.43. The number of hydrogen-bond acceptors (Lipinski definition) is 14. The highest BCUT2D eigenvalue weighted by atomic mass is 16.7. The molecule has 0 saturated heterocycles. The molecular weight excluding hydrogens is 977 g/mol. The van der Waals surface area contributed by atoms with Crippen molar-refractivity contribution in [3.63, 3.8) is 0 Å². The van der Waals surface area contributed by atoms with Gasteiger partial charge < -0.3 is 49.2 Å². The van der Waals surface area contributed by atoms with Crippen LogP contribution in [0.5, 0.6) is 11.5 Å². The van der Waals surface area contributed by atoms with Gasteiger partial charge in [0.2, 0.25) is 11.8 Å². The molecule has 3 rings (SSSR count). The average Bonchev–Trinajstić information content (AvgIpc) is 3.30. The van der Waals surface area contributed by atoms with E-state index in [0.29, 0.717) is 24.9 Å². The Labute approximate surface area is 451 Å². The minimum Gasteiger partial charge on any atom is -0.507 e. The number of esters is 1. The molecule has 4 bridgehead atoms. The second-order valence-corrected chi connectivity index (χ2v) is 22.9. The van der Waals surface area contributed by atoms with Crippen LogP contribution in [0.15, 0.2) is 36.4 Å². The molecule has 424 valence electrons. The van der Waals surface area contributed by atoms with Crippen LogP contribution in [0.2, 0.25) is 0 Å². The summed E-state index contributed by atoms with van der Waals surface area (Å²) < 4.78 is 27.3. The molecule has 4 amide bonds. The van der Waals surface area contributed by atoms with Crippen LogP contribution < -0.4 is 15.4 Å². The number of methoxy groups -OCH3 is 1. The number of ketones is 2. The van der Waals surface area contributed by atoms with Gasteiger partial charge in [-0.1, -0.05) is 77.3 Å². The lowest BCUT2D eigenvalue weighted by atomic mass is 9.88. The molecule has 0 spiro atoms. The van der Waals surface area contributed by atoms with Crippen molar-refractivity contribution in [1.82, 2.24) is 20.4 Å². The number of nitrogens with zero attached hydrogens (tertiary/aromatic N) is 2. The number of nitrogens with one attached hydrogen (secondary N) is 2. The van der Waals surface area contributed by atoms with E-state index in [2.05, 4.69) is 17.6 Å². The molecule has 0 radical (unpaired) electrons. The van der Waals surface area contributed by atoms with Gasteiger partial charge in [0.15, 0.2) is 5.78 Å². The molecule has 2 aromatic rings. The van der Waals surface area contributed by atoms with E-state index in [0.717, 1.165) is 32.1 Å². The van der Waals surface area contributed by atoms with Crippen LogP contribution in [-0.4, -0.2) is 119 Å². The number of benzene rings is 2. The number of unbranched alkanes of at least 4 members (excludes halogenated alkanes) is 8. The second kappa shape index (κ2) is 29.9. The zero-order valence-electron chi connectivity index (χ0n) is 47.7. The fourth-order valence-electron chi connectivity index (χ4n) is 8.76. The fraction of sp³-hybridized carbons (Fsp3) is 0.655. The molecule has 3 N–H and O–H groups in total. The normalized spacial score (nSPS) is 16.5. The smallest absolute Gasteiger partial charge is 0.507 e. The Bertz CT molecular complexity index is 2290. The minimum absolute atomic E-state index is 0.0418. The van der Waals surface area contributed by atoms with Gasteiger partial charge in [-0.25, -0.2) is 19.2 Å². The van der Waals surface area contributed by atoms with Gasteiger partial charge in [0.1, 0.15) is 46.2 Å². The van der Waals surface area contributed by atoms with Gasteiger partial charge in [-0.3, -0.25) is 19.2 Å². The molecule has 18 nitrogen and oxygen atoms in total. The number of amides is 4. The zero-order chi connectivity index (χ0) is 57.0. The number of carbonyl (C=O) groups is 8. The van der Waals surface area contributed by atoms with E-state index < -0.39 is 89.1 Å². The van der Waals surface area contributed by atoms with Gasteiger partial charge >= 0.3 is 24.3 Å². The number of ether oxygens (including phenoxy) is 5. The van der Waals surface area contributed by atoms with E-state index >= 15 is 4.79 Å². The number of phenolic OH excluding ortho intramolecular Hbond substituents is 1. The van der Waals surface area contributed by atoms with Crippen molar-refractivity contribution in [3.05, 3.63) is 47.5 Å². The van der Waals surface area contributed by atoms with E-state index in [9.17, 15) is 38.7 Å². The number of hydrogen-bond donors (Lipinski definition) is 3. The first-order valence-electron chi connectivity index (χ1n) is 27.0. The van der Waals surface area contributed by atoms with E-state index in [1.165, 1.54) is 69.5 Å². The summed E-state index contributed by atoms with van der Waals surface area (Å²) in [6, 6.07) is 6.34. The standard InChI is InChI=1S/C58H88N4O14/c1-14-15-16-17-18-19-20-23-31-62(54(70)75-57(6,7)8)32-29-42(63)36-41(24-21-22-30-59-53(69)74-56(3,4)5)51(67)61(12)49-40-26-27-46(64)43(37-40)44-34-39(25-28-48(44)73-55(71)76-58(9,10)11)35-45(52(68)72-13)60-50(66)38(2)33-47(49)65/h25-28,34,37-38,41,45,49,64H,14-24,29-33,35-36H2,1-13H3,(H,59,69)(H,60,66)/t38-,41-,45+,49+/m1/s1. The van der Waals surface area contributed by atoms with Crippen molar-refractivity contribution < 1.29 is 67.1 Å². The third kappa shape index (κ3) is 22.6. The number of fused-ring (bicyclic) bond motifs is 5. The van der Waals surface area contributed by atoms with Gasteiger partial charge in [0.05, 0.1) is 7.11 Å². The lowest BCUT2D eigenvalue weighted by Gasteiger charge is -2.32. The van der Waals surface area contributed by atoms with Crippen LogP contribution in [0.3, 0.4) is 0 Å². The Kier molecular flexibility index (Phi) is 25.2. The number of likely N-dealkylation sites (N-methyl/N-ethyl adjacent to an activating group) is 1. The molecule has 1 aliphatic rings. The van der Waals surface area contributed by atoms with Crippen molar-refractivity contribution >= 4 is 47.7 Å². The van der Waals surface area contributed by atoms with Crippen molar-refractivity contribution in [3.8, 4) is 22.6 Å². The van der Waals surface area contributed by atoms with Gasteiger partial charge in [-0.15, -0.1) is 0 Å². The van der Waals surface area contributed by atoms with Crippen molar-refractivity contribution in [2.45, 2.75) is 201 Å². The largest absolute Gasteiger partial charge is 0.514 e. The highest BCUT2D eigenvalue weighted by Gasteiger charge is 2.37. The summed E-state index contributed by atoms with van der Waals surface area (Å²) >= 11 is 0. The maximum atomic E-state index is 15.1. The third-order valence-electron chi connectivity index (χ3n) is 12.6. The molecule has 1 aliphatic heterocycles. The SMILES string of the molecule is CCCCCCCCCCN(CCC(=O)C[C@@H](CCCCNC(=O)OC(C)(C)C)C(=O)N(C)[C@@H]1C(=O)C[C@@H](C)C(=O)N[C@H](C(=O)OC)Cc2ccc(OC(=O)OC(C)(C)C)c(c2)-c2cc1ccc2O)C(=O)OC(C)(C)C. The Morgan fingerprint density at radius 2 is 1.39 bits per heavy atom. The molecule has 1 heterocycles. The minimum atomic E-state index is -1.39. The zero-order valence-corrected chi connectivity index (χ0v) is 47.7. The van der Waals surface area contributed by atoms with Crippen LogP contribution in [-0.2, 0) is 49.3 Å². The molecule has 76 heavy (non-hydrogen) atoms. The average molecular weight is 1070 g/mol. The van der Waals surface area contributed by atoms with E-state index in [4.69, 9.17) is 23.7 Å². The van der Waals surface area contributed by atoms with Gasteiger partial charge in [0, 0.05) is 75.3 Å². The molecule has 0 unspecified atom stereocenters. The number of phenols is 1. The van der Waals surface area contributed by atoms with Crippen molar-refractivity contribution in [2.24, 2.45) is 11.8 Å². The Balaban J connectivity index is 2.09. The van der Waals surface area contributed by atoms with E-state index in [1.54, 1.807) is 79.3 Å². The Morgan fingerprint density at radius 1 is 0.763 bits per heavy atom. The predicted octanol–water partition coefficient (Wildman–Crippen LogP) is 10.7. The Hall–Kier alpha value is -6.20. The summed E-state index contributed by atoms with van der Waals surface area (Å²) in [4.78, 5) is 113. The summed E-state index contributed by atoms with van der Waals surface area (Å²) in [5.74, 6) is -5.12. The molecule has 0 fully saturated rings. The number of Topliss-reactive ketones (excluding diaryl/α,β-unsaturated/α-hetero) is 2. The number of aromatic hydroxyl groups is 1. The quantitative estimate of drug-likeness (QED) is 0.0407. The summed E-state index contributed by atoms with van der Waals surface area (Å²) in [6.45, 7) is 20.0. The van der Waals surface area contributed by atoms with Gasteiger partial charge in [-0.05, 0) is 117 Å². The maximum Gasteiger partial charge on any atom is 0.514 e. The van der Waals surface area contributed by atoms with Crippen LogP contribution in [0.4, 0.5) is 14.4 Å². The van der Waals surface area contributed by atoms with Crippen LogP contribution >= 0.6 is 0 Å². The first-order chi connectivity index (χ1) is 35.5. The van der Waals surface area contributed by atoms with E-state index in [1.807, 2.05) is 0 Å². The van der Waals surface area contributed by atoms with Crippen LogP contribution in [0.1, 0.15) is 183 Å². The fourth-order valence-corrected chi connectivity index (χ4v) is 8.76. The summed E-state index contributed by atoms with van der Waals surface area (Å²) in [6.07, 6.45) is 6.54. The molecule has 0 aromatic heterocycles. The van der Waals surface area contributed by atoms with Crippen LogP contribution in [0.25, 0.3) is 11.1 Å². The summed E-state index contributed by atoms with van der Waals surface area (Å²) in [5, 5.41) is 17.0. The van der Waals surface area contributed by atoms with Crippen molar-refractivity contribution in [1.29, 1.82) is 0 Å².